The predicted octanol–water partition coefficient (Wildman–Crippen LogP) is 2.46. The number of nitrogens with one attached hydrogen (secondary N) is 1. The second kappa shape index (κ2) is 7.14. The van der Waals surface area contributed by atoms with Crippen molar-refractivity contribution >= 4 is 29.3 Å². The number of pyridine rings is 1. The SMILES string of the molecule is CC1SC(c2ccc(N(C)C)cc2)N(NC(=O)c2ccncc2)C1=O. The van der Waals surface area contributed by atoms with Crippen LogP contribution in [0.15, 0.2) is 48.8 Å². The van der Waals surface area contributed by atoms with Crippen molar-refractivity contribution in [1.82, 2.24) is 15.4 Å². The number of thioether (sulfide) groups is 1. The number of amides is 2. The summed E-state index contributed by atoms with van der Waals surface area (Å²) in [5, 5.41) is 0.976. The second-order valence-electron chi connectivity index (χ2n) is 6.00. The van der Waals surface area contributed by atoms with Crippen LogP contribution in [-0.2, 0) is 4.79 Å². The van der Waals surface area contributed by atoms with Gasteiger partial charge in [0, 0.05) is 37.7 Å². The minimum Gasteiger partial charge on any atom is -0.378 e. The molecule has 0 bridgehead atoms. The first-order valence-corrected chi connectivity index (χ1v) is 8.88. The van der Waals surface area contributed by atoms with Gasteiger partial charge < -0.3 is 4.90 Å². The van der Waals surface area contributed by atoms with Crippen molar-refractivity contribution in [3.63, 3.8) is 0 Å². The molecule has 25 heavy (non-hydrogen) atoms. The van der Waals surface area contributed by atoms with Gasteiger partial charge in [-0.1, -0.05) is 12.1 Å². The molecule has 2 aromatic rings. The first kappa shape index (κ1) is 17.3. The number of nitrogens with zero attached hydrogens (tertiary/aromatic N) is 3. The highest BCUT2D eigenvalue weighted by Gasteiger charge is 2.39. The number of benzene rings is 1. The second-order valence-corrected chi connectivity index (χ2v) is 7.43. The number of rotatable bonds is 4. The number of hydrazine groups is 1. The Morgan fingerprint density at radius 2 is 1.80 bits per heavy atom. The molecule has 6 nitrogen and oxygen atoms in total. The van der Waals surface area contributed by atoms with Crippen molar-refractivity contribution in [2.45, 2.75) is 17.5 Å². The van der Waals surface area contributed by atoms with Crippen LogP contribution in [0.1, 0.15) is 28.2 Å². The zero-order chi connectivity index (χ0) is 18.0. The molecule has 0 spiro atoms. The van der Waals surface area contributed by atoms with Crippen LogP contribution in [-0.4, -0.2) is 41.2 Å². The fourth-order valence-corrected chi connectivity index (χ4v) is 3.79. The number of carbonyl (C=O) groups excluding carboxylic acids is 2. The van der Waals surface area contributed by atoms with Gasteiger partial charge in [-0.05, 0) is 36.8 Å². The summed E-state index contributed by atoms with van der Waals surface area (Å²) in [6.45, 7) is 1.85. The van der Waals surface area contributed by atoms with Gasteiger partial charge in [0.2, 0.25) is 0 Å². The fraction of sp³-hybridized carbons (Fsp3) is 0.278. The van der Waals surface area contributed by atoms with Gasteiger partial charge in [-0.2, -0.15) is 0 Å². The molecule has 2 amide bonds. The standard InChI is InChI=1S/C18H20N4O2S/c1-12-17(24)22(20-16(23)13-8-10-19-11-9-13)18(25-12)14-4-6-15(7-5-14)21(2)3/h4-12,18H,1-3H3,(H,20,23). The maximum Gasteiger partial charge on any atom is 0.270 e. The maximum absolute atomic E-state index is 12.5. The van der Waals surface area contributed by atoms with Gasteiger partial charge in [0.1, 0.15) is 5.37 Å². The van der Waals surface area contributed by atoms with Crippen LogP contribution in [0.2, 0.25) is 0 Å². The lowest BCUT2D eigenvalue weighted by atomic mass is 10.2. The third kappa shape index (κ3) is 3.61. The molecular formula is C18H20N4O2S. The van der Waals surface area contributed by atoms with Gasteiger partial charge in [-0.25, -0.2) is 5.01 Å². The molecule has 0 radical (unpaired) electrons. The molecule has 1 aliphatic rings. The molecule has 2 heterocycles. The number of hydrogen-bond acceptors (Lipinski definition) is 5. The van der Waals surface area contributed by atoms with Crippen molar-refractivity contribution in [2.75, 3.05) is 19.0 Å². The smallest absolute Gasteiger partial charge is 0.270 e. The van der Waals surface area contributed by atoms with E-state index in [1.807, 2.05) is 50.2 Å². The molecule has 1 fully saturated rings. The molecule has 2 atom stereocenters. The zero-order valence-electron chi connectivity index (χ0n) is 14.3. The Kier molecular flexibility index (Phi) is 4.94. The summed E-state index contributed by atoms with van der Waals surface area (Å²) in [5.74, 6) is -0.422. The molecule has 7 heteroatoms. The van der Waals surface area contributed by atoms with E-state index in [-0.39, 0.29) is 22.4 Å². The van der Waals surface area contributed by atoms with Crippen LogP contribution < -0.4 is 10.3 Å². The summed E-state index contributed by atoms with van der Waals surface area (Å²) < 4.78 is 0. The number of anilines is 1. The Balaban J connectivity index is 1.82. The summed E-state index contributed by atoms with van der Waals surface area (Å²) in [7, 11) is 3.96. The molecule has 1 aliphatic heterocycles. The monoisotopic (exact) mass is 356 g/mol. The van der Waals surface area contributed by atoms with E-state index in [0.29, 0.717) is 5.56 Å². The highest BCUT2D eigenvalue weighted by molar-refractivity contribution is 8.01. The minimum absolute atomic E-state index is 0.103. The predicted molar refractivity (Wildman–Crippen MR) is 99.1 cm³/mol. The topological polar surface area (TPSA) is 65.5 Å². The summed E-state index contributed by atoms with van der Waals surface area (Å²) in [6.07, 6.45) is 3.10. The first-order valence-electron chi connectivity index (χ1n) is 7.94. The molecule has 1 N–H and O–H groups in total. The van der Waals surface area contributed by atoms with Crippen LogP contribution >= 0.6 is 11.8 Å². The molecule has 0 saturated carbocycles. The Hall–Kier alpha value is -2.54. The van der Waals surface area contributed by atoms with Gasteiger partial charge in [-0.15, -0.1) is 11.8 Å². The molecule has 1 aromatic carbocycles. The number of carbonyl (C=O) groups is 2. The van der Waals surface area contributed by atoms with Crippen LogP contribution in [0.25, 0.3) is 0 Å². The van der Waals surface area contributed by atoms with Gasteiger partial charge in [0.05, 0.1) is 5.25 Å². The van der Waals surface area contributed by atoms with Gasteiger partial charge >= 0.3 is 0 Å². The molecule has 1 saturated heterocycles. The summed E-state index contributed by atoms with van der Waals surface area (Å²) in [4.78, 5) is 30.8. The molecule has 3 rings (SSSR count). The summed E-state index contributed by atoms with van der Waals surface area (Å²) >= 11 is 1.52. The van der Waals surface area contributed by atoms with Crippen molar-refractivity contribution in [3.05, 3.63) is 59.9 Å². The van der Waals surface area contributed by atoms with Crippen molar-refractivity contribution in [2.24, 2.45) is 0 Å². The minimum atomic E-state index is -0.319. The average Bonchev–Trinajstić information content (AvgIpc) is 2.91. The lowest BCUT2D eigenvalue weighted by Gasteiger charge is -2.25. The Bertz CT molecular complexity index is 764. The molecule has 1 aromatic heterocycles. The third-order valence-corrected chi connectivity index (χ3v) is 5.36. The average molecular weight is 356 g/mol. The van der Waals surface area contributed by atoms with Crippen LogP contribution in [0, 0.1) is 0 Å². The van der Waals surface area contributed by atoms with E-state index in [9.17, 15) is 9.59 Å². The van der Waals surface area contributed by atoms with E-state index in [2.05, 4.69) is 10.4 Å². The highest BCUT2D eigenvalue weighted by Crippen LogP contribution is 2.42. The van der Waals surface area contributed by atoms with Gasteiger partial charge in [-0.3, -0.25) is 20.0 Å². The lowest BCUT2D eigenvalue weighted by Crippen LogP contribution is -2.45. The van der Waals surface area contributed by atoms with E-state index < -0.39 is 0 Å². The Morgan fingerprint density at radius 3 is 2.40 bits per heavy atom. The number of hydrogen-bond donors (Lipinski definition) is 1. The first-order chi connectivity index (χ1) is 12.0. The fourth-order valence-electron chi connectivity index (χ4n) is 2.58. The summed E-state index contributed by atoms with van der Waals surface area (Å²) in [5.41, 5.74) is 5.27. The third-order valence-electron chi connectivity index (χ3n) is 4.01. The Labute approximate surface area is 151 Å². The van der Waals surface area contributed by atoms with E-state index >= 15 is 0 Å². The van der Waals surface area contributed by atoms with Crippen molar-refractivity contribution < 1.29 is 9.59 Å². The maximum atomic E-state index is 12.5. The van der Waals surface area contributed by atoms with Crippen LogP contribution in [0.4, 0.5) is 5.69 Å². The quantitative estimate of drug-likeness (QED) is 0.912. The van der Waals surface area contributed by atoms with E-state index in [4.69, 9.17) is 0 Å². The molecule has 0 aliphatic carbocycles. The molecule has 130 valence electrons. The number of aromatic nitrogens is 1. The van der Waals surface area contributed by atoms with Gasteiger partial charge in [0.25, 0.3) is 11.8 Å². The molecule has 2 unspecified atom stereocenters. The van der Waals surface area contributed by atoms with Crippen LogP contribution in [0.5, 0.6) is 0 Å². The van der Waals surface area contributed by atoms with Crippen LogP contribution in [0.3, 0.4) is 0 Å². The van der Waals surface area contributed by atoms with Crippen molar-refractivity contribution in [3.8, 4) is 0 Å². The van der Waals surface area contributed by atoms with Gasteiger partial charge in [0.15, 0.2) is 0 Å². The summed E-state index contributed by atoms with van der Waals surface area (Å²) in [6, 6.07) is 11.2. The Morgan fingerprint density at radius 1 is 1.16 bits per heavy atom. The highest BCUT2D eigenvalue weighted by atomic mass is 32.2. The normalized spacial score (nSPS) is 19.8. The lowest BCUT2D eigenvalue weighted by molar-refractivity contribution is -0.132. The zero-order valence-corrected chi connectivity index (χ0v) is 15.2. The van der Waals surface area contributed by atoms with E-state index in [1.165, 1.54) is 16.8 Å². The van der Waals surface area contributed by atoms with E-state index in [1.54, 1.807) is 24.5 Å². The molecular weight excluding hydrogens is 336 g/mol. The largest absolute Gasteiger partial charge is 0.378 e. The van der Waals surface area contributed by atoms with E-state index in [0.717, 1.165) is 11.3 Å². The van der Waals surface area contributed by atoms with Crippen molar-refractivity contribution in [1.29, 1.82) is 0 Å².